The van der Waals surface area contributed by atoms with Crippen molar-refractivity contribution in [3.05, 3.63) is 39.5 Å². The van der Waals surface area contributed by atoms with Gasteiger partial charge in [0.05, 0.1) is 0 Å². The Morgan fingerprint density at radius 3 is 2.82 bits per heavy atom. The van der Waals surface area contributed by atoms with Gasteiger partial charge in [0.25, 0.3) is 0 Å². The van der Waals surface area contributed by atoms with Gasteiger partial charge in [0.15, 0.2) is 0 Å². The predicted molar refractivity (Wildman–Crippen MR) is 54.3 cm³/mol. The molecule has 0 aliphatic carbocycles. The number of halogens is 1. The molecule has 0 aliphatic rings. The van der Waals surface area contributed by atoms with Crippen molar-refractivity contribution in [2.24, 2.45) is 0 Å². The molecule has 1 aromatic carbocycles. The van der Waals surface area contributed by atoms with Crippen LogP contribution in [-0.2, 0) is 4.79 Å². The van der Waals surface area contributed by atoms with Crippen LogP contribution in [0.2, 0.25) is 0 Å². The van der Waals surface area contributed by atoms with E-state index in [0.717, 1.165) is 11.8 Å². The van der Waals surface area contributed by atoms with E-state index in [4.69, 9.17) is 0 Å². The molecule has 11 heavy (non-hydrogen) atoms. The zero-order valence-corrected chi connectivity index (χ0v) is 7.99. The second kappa shape index (κ2) is 4.28. The van der Waals surface area contributed by atoms with E-state index in [1.807, 2.05) is 24.3 Å². The van der Waals surface area contributed by atoms with E-state index in [2.05, 4.69) is 22.6 Å². The third-order valence-electron chi connectivity index (χ3n) is 1.22. The maximum atomic E-state index is 9.97. The summed E-state index contributed by atoms with van der Waals surface area (Å²) in [4.78, 5) is 9.97. The van der Waals surface area contributed by atoms with Crippen molar-refractivity contribution >= 4 is 35.0 Å². The zero-order valence-electron chi connectivity index (χ0n) is 5.83. The molecule has 1 rings (SSSR count). The Hall–Kier alpha value is -0.640. The molecule has 0 aromatic heterocycles. The molecular weight excluding hydrogens is 251 g/mol. The molecular formula is C9H7IO. The van der Waals surface area contributed by atoms with Gasteiger partial charge in [0, 0.05) is 3.57 Å². The molecule has 0 bridgehead atoms. The highest BCUT2D eigenvalue weighted by Crippen LogP contribution is 2.08. The Morgan fingerprint density at radius 2 is 2.18 bits per heavy atom. The number of hydrogen-bond acceptors (Lipinski definition) is 1. The minimum Gasteiger partial charge on any atom is -0.299 e. The molecule has 0 atom stereocenters. The Morgan fingerprint density at radius 1 is 1.36 bits per heavy atom. The Balaban J connectivity index is 2.87. The van der Waals surface area contributed by atoms with Crippen LogP contribution in [0, 0.1) is 3.57 Å². The lowest BCUT2D eigenvalue weighted by Crippen LogP contribution is -1.73. The van der Waals surface area contributed by atoms with Gasteiger partial charge in [0.2, 0.25) is 0 Å². The lowest BCUT2D eigenvalue weighted by Gasteiger charge is -1.91. The lowest BCUT2D eigenvalue weighted by molar-refractivity contribution is -0.104. The standard InChI is InChI=1S/C9H7IO/c10-9-5-1-3-8(7-9)4-2-6-11/h1-7H/b4-2+. The quantitative estimate of drug-likeness (QED) is 0.452. The van der Waals surface area contributed by atoms with E-state index in [1.165, 1.54) is 9.65 Å². The number of hydrogen-bond donors (Lipinski definition) is 0. The lowest BCUT2D eigenvalue weighted by atomic mass is 10.2. The molecule has 0 unspecified atom stereocenters. The number of aldehydes is 1. The topological polar surface area (TPSA) is 17.1 Å². The summed E-state index contributed by atoms with van der Waals surface area (Å²) in [5.74, 6) is 0. The molecule has 0 amide bonds. The van der Waals surface area contributed by atoms with Gasteiger partial charge in [0.1, 0.15) is 6.29 Å². The van der Waals surface area contributed by atoms with Crippen LogP contribution in [0.1, 0.15) is 5.56 Å². The van der Waals surface area contributed by atoms with Crippen LogP contribution in [-0.4, -0.2) is 6.29 Å². The minimum atomic E-state index is 0.778. The SMILES string of the molecule is O=C/C=C/c1cccc(I)c1. The maximum Gasteiger partial charge on any atom is 0.142 e. The summed E-state index contributed by atoms with van der Waals surface area (Å²) in [5, 5.41) is 0. The molecule has 0 heterocycles. The first-order valence-corrected chi connectivity index (χ1v) is 4.28. The molecule has 2 heteroatoms. The Kier molecular flexibility index (Phi) is 3.29. The number of benzene rings is 1. The summed E-state index contributed by atoms with van der Waals surface area (Å²) in [6.07, 6.45) is 4.06. The first-order chi connectivity index (χ1) is 5.33. The van der Waals surface area contributed by atoms with Crippen molar-refractivity contribution < 1.29 is 4.79 Å². The van der Waals surface area contributed by atoms with E-state index in [9.17, 15) is 4.79 Å². The molecule has 0 aliphatic heterocycles. The maximum absolute atomic E-state index is 9.97. The molecule has 0 saturated heterocycles. The van der Waals surface area contributed by atoms with Crippen LogP contribution in [0.25, 0.3) is 6.08 Å². The first-order valence-electron chi connectivity index (χ1n) is 3.20. The van der Waals surface area contributed by atoms with E-state index >= 15 is 0 Å². The fourth-order valence-corrected chi connectivity index (χ4v) is 1.33. The molecule has 0 N–H and O–H groups in total. The summed E-state index contributed by atoms with van der Waals surface area (Å²) in [6, 6.07) is 7.95. The highest BCUT2D eigenvalue weighted by atomic mass is 127. The largest absolute Gasteiger partial charge is 0.299 e. The summed E-state index contributed by atoms with van der Waals surface area (Å²) in [6.45, 7) is 0. The van der Waals surface area contributed by atoms with Crippen LogP contribution in [0.3, 0.4) is 0 Å². The molecule has 0 saturated carbocycles. The first kappa shape index (κ1) is 8.46. The summed E-state index contributed by atoms with van der Waals surface area (Å²) >= 11 is 2.23. The van der Waals surface area contributed by atoms with E-state index in [0.29, 0.717) is 0 Å². The van der Waals surface area contributed by atoms with Crippen LogP contribution in [0.4, 0.5) is 0 Å². The van der Waals surface area contributed by atoms with Gasteiger partial charge < -0.3 is 0 Å². The summed E-state index contributed by atoms with van der Waals surface area (Å²) in [7, 11) is 0. The second-order valence-corrected chi connectivity index (χ2v) is 3.30. The van der Waals surface area contributed by atoms with E-state index < -0.39 is 0 Å². The molecule has 56 valence electrons. The van der Waals surface area contributed by atoms with Crippen LogP contribution >= 0.6 is 22.6 Å². The van der Waals surface area contributed by atoms with Crippen molar-refractivity contribution in [2.75, 3.05) is 0 Å². The average molecular weight is 258 g/mol. The fraction of sp³-hybridized carbons (Fsp3) is 0. The minimum absolute atomic E-state index is 0.778. The average Bonchev–Trinajstić information content (AvgIpc) is 2.01. The van der Waals surface area contributed by atoms with Crippen molar-refractivity contribution in [1.29, 1.82) is 0 Å². The van der Waals surface area contributed by atoms with Gasteiger partial charge >= 0.3 is 0 Å². The molecule has 0 fully saturated rings. The van der Waals surface area contributed by atoms with Gasteiger partial charge in [-0.05, 0) is 46.4 Å². The van der Waals surface area contributed by atoms with Crippen LogP contribution in [0.15, 0.2) is 30.3 Å². The van der Waals surface area contributed by atoms with E-state index in [-0.39, 0.29) is 0 Å². The third kappa shape index (κ3) is 2.84. The highest BCUT2D eigenvalue weighted by Gasteiger charge is 1.86. The van der Waals surface area contributed by atoms with Gasteiger partial charge in [-0.1, -0.05) is 18.2 Å². The monoisotopic (exact) mass is 258 g/mol. The number of carbonyl (C=O) groups is 1. The summed E-state index contributed by atoms with van der Waals surface area (Å²) < 4.78 is 1.18. The van der Waals surface area contributed by atoms with Gasteiger partial charge in [-0.25, -0.2) is 0 Å². The Bertz CT molecular complexity index is 279. The van der Waals surface area contributed by atoms with Gasteiger partial charge in [-0.15, -0.1) is 0 Å². The van der Waals surface area contributed by atoms with Crippen molar-refractivity contribution in [2.45, 2.75) is 0 Å². The smallest absolute Gasteiger partial charge is 0.142 e. The van der Waals surface area contributed by atoms with Crippen LogP contribution in [0.5, 0.6) is 0 Å². The molecule has 0 spiro atoms. The van der Waals surface area contributed by atoms with Gasteiger partial charge in [-0.3, -0.25) is 4.79 Å². The van der Waals surface area contributed by atoms with Crippen LogP contribution < -0.4 is 0 Å². The number of rotatable bonds is 2. The number of allylic oxidation sites excluding steroid dienone is 1. The third-order valence-corrected chi connectivity index (χ3v) is 1.89. The van der Waals surface area contributed by atoms with Crippen molar-refractivity contribution in [3.8, 4) is 0 Å². The van der Waals surface area contributed by atoms with Crippen molar-refractivity contribution in [1.82, 2.24) is 0 Å². The normalized spacial score (nSPS) is 10.3. The molecule has 0 radical (unpaired) electrons. The number of carbonyl (C=O) groups excluding carboxylic acids is 1. The molecule has 1 nitrogen and oxygen atoms in total. The highest BCUT2D eigenvalue weighted by molar-refractivity contribution is 14.1. The Labute approximate surface area is 79.3 Å². The predicted octanol–water partition coefficient (Wildman–Crippen LogP) is 2.50. The second-order valence-electron chi connectivity index (χ2n) is 2.05. The molecule has 1 aromatic rings. The van der Waals surface area contributed by atoms with Gasteiger partial charge in [-0.2, -0.15) is 0 Å². The zero-order chi connectivity index (χ0) is 8.10. The van der Waals surface area contributed by atoms with Crippen molar-refractivity contribution in [3.63, 3.8) is 0 Å². The summed E-state index contributed by atoms with van der Waals surface area (Å²) in [5.41, 5.74) is 1.06. The fourth-order valence-electron chi connectivity index (χ4n) is 0.761. The van der Waals surface area contributed by atoms with E-state index in [1.54, 1.807) is 6.08 Å².